The highest BCUT2D eigenvalue weighted by Gasteiger charge is 2.18. The monoisotopic (exact) mass is 521 g/mol. The SMILES string of the molecule is C/C=C(C(=O)NCC(O)CN1CCCC1)/C(C)=C(C)/C=C(\C)c1c(NC)cccc1-c1cccc(Cl)c1. The Labute approximate surface area is 226 Å². The molecule has 1 unspecified atom stereocenters. The number of carbonyl (C=O) groups is 1. The zero-order valence-corrected chi connectivity index (χ0v) is 23.5. The molecule has 2 aromatic rings. The molecule has 3 N–H and O–H groups in total. The normalized spacial score (nSPS) is 16.4. The van der Waals surface area contributed by atoms with Crippen LogP contribution < -0.4 is 10.6 Å². The maximum absolute atomic E-state index is 13.0. The highest BCUT2D eigenvalue weighted by Crippen LogP contribution is 2.36. The zero-order valence-electron chi connectivity index (χ0n) is 22.7. The molecule has 0 aliphatic carbocycles. The average Bonchev–Trinajstić information content (AvgIpc) is 3.40. The number of halogens is 1. The second-order valence-electron chi connectivity index (χ2n) is 9.70. The number of β-amino-alcohol motifs (C(OH)–C–C–N with tert-alkyl or cyclic N) is 1. The van der Waals surface area contributed by atoms with Crippen molar-refractivity contribution in [2.24, 2.45) is 0 Å². The van der Waals surface area contributed by atoms with E-state index in [-0.39, 0.29) is 12.5 Å². The highest BCUT2D eigenvalue weighted by molar-refractivity contribution is 6.30. The van der Waals surface area contributed by atoms with E-state index in [0.29, 0.717) is 17.1 Å². The number of likely N-dealkylation sites (tertiary alicyclic amines) is 1. The first-order valence-electron chi connectivity index (χ1n) is 13.0. The molecule has 1 atom stereocenters. The second-order valence-corrected chi connectivity index (χ2v) is 10.1. The lowest BCUT2D eigenvalue weighted by atomic mass is 9.91. The van der Waals surface area contributed by atoms with Crippen LogP contribution in [0.2, 0.25) is 5.02 Å². The number of hydrogen-bond acceptors (Lipinski definition) is 4. The molecule has 5 nitrogen and oxygen atoms in total. The molecule has 37 heavy (non-hydrogen) atoms. The van der Waals surface area contributed by atoms with Crippen molar-refractivity contribution < 1.29 is 9.90 Å². The number of aliphatic hydroxyl groups excluding tert-OH is 1. The number of hydrogen-bond donors (Lipinski definition) is 3. The Kier molecular flexibility index (Phi) is 10.6. The summed E-state index contributed by atoms with van der Waals surface area (Å²) in [7, 11) is 1.92. The van der Waals surface area contributed by atoms with Gasteiger partial charge in [-0.3, -0.25) is 4.79 Å². The summed E-state index contributed by atoms with van der Waals surface area (Å²) in [5.41, 5.74) is 7.85. The Balaban J connectivity index is 1.83. The smallest absolute Gasteiger partial charge is 0.251 e. The lowest BCUT2D eigenvalue weighted by Gasteiger charge is -2.20. The van der Waals surface area contributed by atoms with Gasteiger partial charge < -0.3 is 20.6 Å². The van der Waals surface area contributed by atoms with Crippen LogP contribution in [0.1, 0.15) is 46.1 Å². The third kappa shape index (κ3) is 7.57. The fraction of sp³-hybridized carbons (Fsp3) is 0.387. The molecule has 198 valence electrons. The molecule has 0 radical (unpaired) electrons. The second kappa shape index (κ2) is 13.6. The van der Waals surface area contributed by atoms with Crippen LogP contribution in [0.3, 0.4) is 0 Å². The highest BCUT2D eigenvalue weighted by atomic mass is 35.5. The first kappa shape index (κ1) is 28.7. The molecule has 1 saturated heterocycles. The van der Waals surface area contributed by atoms with Gasteiger partial charge in [-0.2, -0.15) is 0 Å². The van der Waals surface area contributed by atoms with Gasteiger partial charge in [-0.05, 0) is 99.7 Å². The van der Waals surface area contributed by atoms with Gasteiger partial charge in [-0.15, -0.1) is 0 Å². The van der Waals surface area contributed by atoms with Gasteiger partial charge in [0.2, 0.25) is 0 Å². The fourth-order valence-electron chi connectivity index (χ4n) is 4.95. The van der Waals surface area contributed by atoms with Gasteiger partial charge in [-0.1, -0.05) is 48.0 Å². The van der Waals surface area contributed by atoms with Crippen molar-refractivity contribution in [3.8, 4) is 11.1 Å². The van der Waals surface area contributed by atoms with Crippen LogP contribution in [-0.4, -0.2) is 55.2 Å². The lowest BCUT2D eigenvalue weighted by molar-refractivity contribution is -0.117. The number of allylic oxidation sites excluding steroid dienone is 4. The summed E-state index contributed by atoms with van der Waals surface area (Å²) >= 11 is 6.29. The molecule has 2 aromatic carbocycles. The van der Waals surface area contributed by atoms with Gasteiger partial charge in [0.25, 0.3) is 5.91 Å². The first-order chi connectivity index (χ1) is 17.7. The fourth-order valence-corrected chi connectivity index (χ4v) is 5.14. The summed E-state index contributed by atoms with van der Waals surface area (Å²) in [5.74, 6) is -0.166. The third-order valence-corrected chi connectivity index (χ3v) is 7.23. The summed E-state index contributed by atoms with van der Waals surface area (Å²) in [6.45, 7) is 10.8. The number of carbonyl (C=O) groups excluding carboxylic acids is 1. The van der Waals surface area contributed by atoms with Gasteiger partial charge >= 0.3 is 0 Å². The molecule has 0 spiro atoms. The third-order valence-electron chi connectivity index (χ3n) is 6.99. The topological polar surface area (TPSA) is 64.6 Å². The minimum Gasteiger partial charge on any atom is -0.390 e. The van der Waals surface area contributed by atoms with E-state index in [0.717, 1.165) is 52.2 Å². The minimum absolute atomic E-state index is 0.166. The molecule has 1 aliphatic rings. The zero-order chi connectivity index (χ0) is 26.9. The molecule has 0 saturated carbocycles. The van der Waals surface area contributed by atoms with Crippen molar-refractivity contribution in [2.75, 3.05) is 38.5 Å². The van der Waals surface area contributed by atoms with E-state index in [1.165, 1.54) is 12.8 Å². The molecular formula is C31H40ClN3O2. The standard InChI is InChI=1S/C31H40ClN3O2/c1-6-27(31(37)34-19-26(36)20-35-15-7-8-16-35)23(4)21(2)17-22(3)30-28(13-10-14-29(30)33-5)24-11-9-12-25(32)18-24/h6,9-14,17-18,26,33,36H,7-8,15-16,19-20H2,1-5H3,(H,34,37)/b22-17+,23-21+,27-6-. The predicted octanol–water partition coefficient (Wildman–Crippen LogP) is 6.31. The Morgan fingerprint density at radius 2 is 1.84 bits per heavy atom. The lowest BCUT2D eigenvalue weighted by Crippen LogP contribution is -2.39. The summed E-state index contributed by atoms with van der Waals surface area (Å²) in [5, 5.41) is 17.3. The van der Waals surface area contributed by atoms with E-state index in [1.807, 2.05) is 58.2 Å². The molecule has 0 bridgehead atoms. The van der Waals surface area contributed by atoms with Gasteiger partial charge in [0.1, 0.15) is 0 Å². The van der Waals surface area contributed by atoms with Crippen LogP contribution >= 0.6 is 11.6 Å². The van der Waals surface area contributed by atoms with E-state index in [9.17, 15) is 9.90 Å². The number of benzene rings is 2. The van der Waals surface area contributed by atoms with Crippen LogP contribution in [0.25, 0.3) is 16.7 Å². The van der Waals surface area contributed by atoms with Gasteiger partial charge in [0.05, 0.1) is 6.10 Å². The van der Waals surface area contributed by atoms with E-state index in [2.05, 4.69) is 46.7 Å². The van der Waals surface area contributed by atoms with Crippen molar-refractivity contribution >= 4 is 28.8 Å². The summed E-state index contributed by atoms with van der Waals surface area (Å²) in [6, 6.07) is 14.1. The molecule has 6 heteroatoms. The van der Waals surface area contributed by atoms with Crippen LogP contribution in [-0.2, 0) is 4.79 Å². The van der Waals surface area contributed by atoms with Crippen molar-refractivity contribution in [1.29, 1.82) is 0 Å². The van der Waals surface area contributed by atoms with Crippen LogP contribution in [0.15, 0.2) is 71.3 Å². The first-order valence-corrected chi connectivity index (χ1v) is 13.4. The molecule has 1 aliphatic heterocycles. The number of rotatable bonds is 10. The Hall–Kier alpha value is -2.86. The largest absolute Gasteiger partial charge is 0.390 e. The van der Waals surface area contributed by atoms with Crippen molar-refractivity contribution in [2.45, 2.75) is 46.6 Å². The van der Waals surface area contributed by atoms with Crippen LogP contribution in [0.5, 0.6) is 0 Å². The molecule has 3 rings (SSSR count). The Morgan fingerprint density at radius 3 is 2.49 bits per heavy atom. The summed E-state index contributed by atoms with van der Waals surface area (Å²) in [6.07, 6.45) is 5.74. The number of nitrogens with zero attached hydrogens (tertiary/aromatic N) is 1. The van der Waals surface area contributed by atoms with Crippen molar-refractivity contribution in [3.63, 3.8) is 0 Å². The summed E-state index contributed by atoms with van der Waals surface area (Å²) in [4.78, 5) is 15.3. The van der Waals surface area contributed by atoms with E-state index < -0.39 is 6.10 Å². The summed E-state index contributed by atoms with van der Waals surface area (Å²) < 4.78 is 0. The number of anilines is 1. The predicted molar refractivity (Wildman–Crippen MR) is 157 cm³/mol. The van der Waals surface area contributed by atoms with E-state index in [1.54, 1.807) is 0 Å². The number of aliphatic hydroxyl groups is 1. The molecular weight excluding hydrogens is 482 g/mol. The molecule has 1 fully saturated rings. The minimum atomic E-state index is -0.573. The molecule has 0 aromatic heterocycles. The van der Waals surface area contributed by atoms with Crippen LogP contribution in [0, 0.1) is 0 Å². The quantitative estimate of drug-likeness (QED) is 0.253. The average molecular weight is 522 g/mol. The van der Waals surface area contributed by atoms with Gasteiger partial charge in [0, 0.05) is 42.0 Å². The maximum atomic E-state index is 13.0. The molecule has 1 heterocycles. The van der Waals surface area contributed by atoms with Crippen molar-refractivity contribution in [1.82, 2.24) is 10.2 Å². The van der Waals surface area contributed by atoms with E-state index >= 15 is 0 Å². The van der Waals surface area contributed by atoms with Gasteiger partial charge in [-0.25, -0.2) is 0 Å². The number of nitrogens with one attached hydrogen (secondary N) is 2. The molecule has 1 amide bonds. The van der Waals surface area contributed by atoms with E-state index in [4.69, 9.17) is 11.6 Å². The van der Waals surface area contributed by atoms with Gasteiger partial charge in [0.15, 0.2) is 0 Å². The van der Waals surface area contributed by atoms with Crippen LogP contribution in [0.4, 0.5) is 5.69 Å². The van der Waals surface area contributed by atoms with Crippen molar-refractivity contribution in [3.05, 3.63) is 81.9 Å². The number of amides is 1. The Bertz CT molecular complexity index is 1190. The Morgan fingerprint density at radius 1 is 1.14 bits per heavy atom. The maximum Gasteiger partial charge on any atom is 0.251 e.